The van der Waals surface area contributed by atoms with E-state index in [4.69, 9.17) is 4.74 Å². The zero-order valence-electron chi connectivity index (χ0n) is 12.7. The van der Waals surface area contributed by atoms with Crippen molar-refractivity contribution in [1.29, 1.82) is 0 Å². The zero-order valence-corrected chi connectivity index (χ0v) is 13.5. The molecule has 0 heterocycles. The number of amides is 1. The molecule has 2 rings (SSSR count). The molecule has 2 aromatic rings. The minimum absolute atomic E-state index is 0.144. The van der Waals surface area contributed by atoms with Gasteiger partial charge in [0.15, 0.2) is 16.4 Å². The van der Waals surface area contributed by atoms with Crippen LogP contribution in [0.25, 0.3) is 0 Å². The molecule has 0 aromatic heterocycles. The number of halogens is 1. The summed E-state index contributed by atoms with van der Waals surface area (Å²) >= 11 is 0. The van der Waals surface area contributed by atoms with Gasteiger partial charge in [-0.05, 0) is 36.4 Å². The van der Waals surface area contributed by atoms with Crippen LogP contribution >= 0.6 is 0 Å². The van der Waals surface area contributed by atoms with Crippen LogP contribution in [0.2, 0.25) is 0 Å². The summed E-state index contributed by atoms with van der Waals surface area (Å²) in [5.41, 5.74) is 0.198. The van der Waals surface area contributed by atoms with E-state index in [2.05, 4.69) is 5.32 Å². The Morgan fingerprint density at radius 3 is 2.33 bits per heavy atom. The molecule has 0 spiro atoms. The predicted octanol–water partition coefficient (Wildman–Crippen LogP) is 2.02. The third kappa shape index (κ3) is 4.63. The lowest BCUT2D eigenvalue weighted by molar-refractivity contribution is -0.119. The average molecular weight is 351 g/mol. The molecule has 0 atom stereocenters. The summed E-state index contributed by atoms with van der Waals surface area (Å²) in [6.07, 6.45) is 0.973. The summed E-state index contributed by atoms with van der Waals surface area (Å²) in [5.74, 6) is -2.01. The van der Waals surface area contributed by atoms with Gasteiger partial charge >= 0.3 is 5.97 Å². The number of nitrogens with one attached hydrogen (secondary N) is 1. The van der Waals surface area contributed by atoms with Crippen molar-refractivity contribution in [2.24, 2.45) is 0 Å². The molecule has 126 valence electrons. The van der Waals surface area contributed by atoms with Gasteiger partial charge in [0.05, 0.1) is 10.5 Å². The van der Waals surface area contributed by atoms with Crippen LogP contribution in [0.1, 0.15) is 10.4 Å². The Morgan fingerprint density at radius 1 is 1.08 bits per heavy atom. The fourth-order valence-electron chi connectivity index (χ4n) is 1.90. The first-order valence-electron chi connectivity index (χ1n) is 6.79. The van der Waals surface area contributed by atoms with Crippen LogP contribution in [0.15, 0.2) is 53.4 Å². The van der Waals surface area contributed by atoms with Gasteiger partial charge in [-0.25, -0.2) is 17.6 Å². The maximum absolute atomic E-state index is 12.8. The Bertz CT molecular complexity index is 862. The SMILES string of the molecule is CS(=O)(=O)c1ccccc1C(=O)OCC(=O)Nc1ccc(F)cc1. The van der Waals surface area contributed by atoms with E-state index < -0.39 is 34.1 Å². The second-order valence-corrected chi connectivity index (χ2v) is 6.88. The van der Waals surface area contributed by atoms with E-state index in [0.29, 0.717) is 5.69 Å². The first-order valence-corrected chi connectivity index (χ1v) is 8.68. The van der Waals surface area contributed by atoms with Crippen molar-refractivity contribution in [3.63, 3.8) is 0 Å². The van der Waals surface area contributed by atoms with Crippen LogP contribution in [0.4, 0.5) is 10.1 Å². The molecule has 0 aliphatic heterocycles. The lowest BCUT2D eigenvalue weighted by Gasteiger charge is -2.09. The number of hydrogen-bond donors (Lipinski definition) is 1. The maximum atomic E-state index is 12.8. The lowest BCUT2D eigenvalue weighted by atomic mass is 10.2. The van der Waals surface area contributed by atoms with Crippen molar-refractivity contribution >= 4 is 27.4 Å². The van der Waals surface area contributed by atoms with Crippen LogP contribution in [0.3, 0.4) is 0 Å². The highest BCUT2D eigenvalue weighted by Gasteiger charge is 2.20. The highest BCUT2D eigenvalue weighted by Crippen LogP contribution is 2.16. The predicted molar refractivity (Wildman–Crippen MR) is 84.9 cm³/mol. The second kappa shape index (κ2) is 7.22. The third-order valence-corrected chi connectivity index (χ3v) is 4.12. The second-order valence-electron chi connectivity index (χ2n) is 4.90. The van der Waals surface area contributed by atoms with Crippen LogP contribution in [-0.4, -0.2) is 33.2 Å². The van der Waals surface area contributed by atoms with E-state index in [-0.39, 0.29) is 10.5 Å². The fraction of sp³-hybridized carbons (Fsp3) is 0.125. The maximum Gasteiger partial charge on any atom is 0.339 e. The molecule has 24 heavy (non-hydrogen) atoms. The molecule has 8 heteroatoms. The van der Waals surface area contributed by atoms with E-state index in [1.54, 1.807) is 0 Å². The lowest BCUT2D eigenvalue weighted by Crippen LogP contribution is -2.21. The van der Waals surface area contributed by atoms with Crippen LogP contribution in [0, 0.1) is 5.82 Å². The number of sulfone groups is 1. The van der Waals surface area contributed by atoms with Crippen molar-refractivity contribution in [2.45, 2.75) is 4.90 Å². The van der Waals surface area contributed by atoms with Crippen molar-refractivity contribution in [3.8, 4) is 0 Å². The summed E-state index contributed by atoms with van der Waals surface area (Å²) in [4.78, 5) is 23.5. The fourth-order valence-corrected chi connectivity index (χ4v) is 2.77. The molecule has 0 unspecified atom stereocenters. The smallest absolute Gasteiger partial charge is 0.339 e. The van der Waals surface area contributed by atoms with Gasteiger partial charge in [0, 0.05) is 11.9 Å². The molecule has 0 saturated heterocycles. The van der Waals surface area contributed by atoms with Gasteiger partial charge < -0.3 is 10.1 Å². The van der Waals surface area contributed by atoms with E-state index in [0.717, 1.165) is 6.26 Å². The highest BCUT2D eigenvalue weighted by atomic mass is 32.2. The molecular weight excluding hydrogens is 337 g/mol. The average Bonchev–Trinajstić information content (AvgIpc) is 2.54. The summed E-state index contributed by atoms with van der Waals surface area (Å²) in [5, 5.41) is 2.42. The Kier molecular flexibility index (Phi) is 5.30. The number of carbonyl (C=O) groups excluding carboxylic acids is 2. The molecule has 0 saturated carbocycles. The molecule has 0 fully saturated rings. The van der Waals surface area contributed by atoms with Crippen molar-refractivity contribution in [2.75, 3.05) is 18.2 Å². The molecule has 2 aromatic carbocycles. The summed E-state index contributed by atoms with van der Waals surface area (Å²) in [7, 11) is -3.61. The van der Waals surface area contributed by atoms with Crippen molar-refractivity contribution in [3.05, 3.63) is 59.9 Å². The quantitative estimate of drug-likeness (QED) is 0.833. The molecule has 6 nitrogen and oxygen atoms in total. The number of hydrogen-bond acceptors (Lipinski definition) is 5. The van der Waals surface area contributed by atoms with E-state index in [1.165, 1.54) is 48.5 Å². The van der Waals surface area contributed by atoms with Gasteiger partial charge in [0.2, 0.25) is 0 Å². The highest BCUT2D eigenvalue weighted by molar-refractivity contribution is 7.90. The number of ether oxygens (including phenoxy) is 1. The van der Waals surface area contributed by atoms with Crippen LogP contribution in [0.5, 0.6) is 0 Å². The minimum Gasteiger partial charge on any atom is -0.452 e. The Morgan fingerprint density at radius 2 is 1.71 bits per heavy atom. The molecule has 0 bridgehead atoms. The van der Waals surface area contributed by atoms with E-state index >= 15 is 0 Å². The van der Waals surface area contributed by atoms with Crippen molar-refractivity contribution in [1.82, 2.24) is 0 Å². The van der Waals surface area contributed by atoms with E-state index in [1.807, 2.05) is 0 Å². The molecule has 1 N–H and O–H groups in total. The van der Waals surface area contributed by atoms with Crippen molar-refractivity contribution < 1.29 is 27.1 Å². The topological polar surface area (TPSA) is 89.5 Å². The van der Waals surface area contributed by atoms with Crippen LogP contribution < -0.4 is 5.32 Å². The largest absolute Gasteiger partial charge is 0.452 e. The van der Waals surface area contributed by atoms with Gasteiger partial charge in [0.1, 0.15) is 5.82 Å². The Hall–Kier alpha value is -2.74. The van der Waals surface area contributed by atoms with Gasteiger partial charge in [-0.2, -0.15) is 0 Å². The Labute approximate surface area is 138 Å². The number of anilines is 1. The molecule has 0 radical (unpaired) electrons. The zero-order chi connectivity index (χ0) is 17.7. The van der Waals surface area contributed by atoms with Gasteiger partial charge in [0.25, 0.3) is 5.91 Å². The standard InChI is InChI=1S/C16H14FNO5S/c1-24(21,22)14-5-3-2-4-13(14)16(20)23-10-15(19)18-12-8-6-11(17)7-9-12/h2-9H,10H2,1H3,(H,18,19). The summed E-state index contributed by atoms with van der Waals surface area (Å²) in [6.45, 7) is -0.603. The number of carbonyl (C=O) groups is 2. The number of benzene rings is 2. The first kappa shape index (κ1) is 17.6. The van der Waals surface area contributed by atoms with Gasteiger partial charge in [-0.15, -0.1) is 0 Å². The monoisotopic (exact) mass is 351 g/mol. The van der Waals surface area contributed by atoms with Gasteiger partial charge in [-0.1, -0.05) is 12.1 Å². The summed E-state index contributed by atoms with van der Waals surface area (Å²) in [6, 6.07) is 10.6. The first-order chi connectivity index (χ1) is 11.3. The molecule has 0 aliphatic carbocycles. The molecular formula is C16H14FNO5S. The van der Waals surface area contributed by atoms with Crippen LogP contribution in [-0.2, 0) is 19.4 Å². The normalized spacial score (nSPS) is 10.9. The third-order valence-electron chi connectivity index (χ3n) is 2.97. The Balaban J connectivity index is 2.01. The molecule has 0 aliphatic rings. The van der Waals surface area contributed by atoms with E-state index in [9.17, 15) is 22.4 Å². The number of rotatable bonds is 5. The van der Waals surface area contributed by atoms with Gasteiger partial charge in [-0.3, -0.25) is 4.79 Å². The summed E-state index contributed by atoms with van der Waals surface area (Å²) < 4.78 is 40.9. The number of esters is 1. The molecule has 1 amide bonds. The minimum atomic E-state index is -3.61.